The Morgan fingerprint density at radius 1 is 1.23 bits per heavy atom. The van der Waals surface area contributed by atoms with Gasteiger partial charge < -0.3 is 20.7 Å². The van der Waals surface area contributed by atoms with E-state index in [1.54, 1.807) is 0 Å². The lowest BCUT2D eigenvalue weighted by Crippen LogP contribution is -2.48. The summed E-state index contributed by atoms with van der Waals surface area (Å²) in [6.45, 7) is 7.63. The van der Waals surface area contributed by atoms with Crippen molar-refractivity contribution in [1.82, 2.24) is 10.2 Å². The second kappa shape index (κ2) is 12.5. The fraction of sp³-hybridized carbons (Fsp3) is 0.417. The summed E-state index contributed by atoms with van der Waals surface area (Å²) in [6, 6.07) is 18.4. The van der Waals surface area contributed by atoms with E-state index in [1.165, 1.54) is 5.56 Å². The number of guanidine groups is 1. The number of nitrogens with one attached hydrogen (secondary N) is 1. The molecule has 0 aliphatic carbocycles. The van der Waals surface area contributed by atoms with Crippen LogP contribution in [0.4, 0.5) is 0 Å². The third-order valence-electron chi connectivity index (χ3n) is 5.46. The van der Waals surface area contributed by atoms with Crippen LogP contribution in [-0.4, -0.2) is 43.0 Å². The summed E-state index contributed by atoms with van der Waals surface area (Å²) in [4.78, 5) is 18.1. The molecule has 31 heavy (non-hydrogen) atoms. The number of piperidine rings is 1. The van der Waals surface area contributed by atoms with Crippen molar-refractivity contribution in [3.8, 4) is 5.75 Å². The molecule has 168 valence electrons. The number of nitrogens with two attached hydrogens (primary N) is 1. The van der Waals surface area contributed by atoms with Crippen LogP contribution in [0.5, 0.6) is 5.75 Å². The molecule has 0 aromatic heterocycles. The molecule has 0 bridgehead atoms. The Labute approximate surface area is 202 Å². The summed E-state index contributed by atoms with van der Waals surface area (Å²) in [5, 5.41) is 3.44. The number of ether oxygens (including phenoxy) is 1. The first-order valence-electron chi connectivity index (χ1n) is 10.6. The van der Waals surface area contributed by atoms with E-state index < -0.39 is 5.91 Å². The highest BCUT2D eigenvalue weighted by atomic mass is 127. The Hall–Kier alpha value is -2.29. The second-order valence-electron chi connectivity index (χ2n) is 7.80. The molecule has 0 spiro atoms. The number of amides is 1. The van der Waals surface area contributed by atoms with E-state index >= 15 is 0 Å². The number of nitrogens with zero attached hydrogens (tertiary/aromatic N) is 2. The molecule has 1 aliphatic heterocycles. The maximum absolute atomic E-state index is 10.9. The maximum Gasteiger partial charge on any atom is 0.255 e. The average Bonchev–Trinajstić information content (AvgIpc) is 2.76. The van der Waals surface area contributed by atoms with Gasteiger partial charge in [0.25, 0.3) is 5.91 Å². The summed E-state index contributed by atoms with van der Waals surface area (Å²) in [7, 11) is 0. The van der Waals surface area contributed by atoms with E-state index in [4.69, 9.17) is 15.5 Å². The fourth-order valence-corrected chi connectivity index (χ4v) is 4.01. The fourth-order valence-electron chi connectivity index (χ4n) is 4.01. The molecule has 1 heterocycles. The van der Waals surface area contributed by atoms with Gasteiger partial charge in [0.2, 0.25) is 0 Å². The number of rotatable bonds is 7. The lowest BCUT2D eigenvalue weighted by molar-refractivity contribution is -0.119. The minimum absolute atomic E-state index is 0. The van der Waals surface area contributed by atoms with Gasteiger partial charge in [-0.3, -0.25) is 4.79 Å². The first-order valence-corrected chi connectivity index (χ1v) is 10.6. The molecule has 6 nitrogen and oxygen atoms in total. The average molecular weight is 536 g/mol. The highest BCUT2D eigenvalue weighted by Crippen LogP contribution is 2.32. The zero-order valence-electron chi connectivity index (χ0n) is 18.3. The van der Waals surface area contributed by atoms with E-state index in [-0.39, 0.29) is 30.6 Å². The summed E-state index contributed by atoms with van der Waals surface area (Å²) in [6.07, 6.45) is 1.12. The van der Waals surface area contributed by atoms with Crippen molar-refractivity contribution < 1.29 is 9.53 Å². The zero-order chi connectivity index (χ0) is 21.3. The Balaban J connectivity index is 0.00000341. The first kappa shape index (κ1) is 25.0. The molecular weight excluding hydrogens is 503 g/mol. The van der Waals surface area contributed by atoms with E-state index in [9.17, 15) is 4.79 Å². The Bertz CT molecular complexity index is 860. The van der Waals surface area contributed by atoms with Crippen LogP contribution in [-0.2, 0) is 11.3 Å². The van der Waals surface area contributed by atoms with Gasteiger partial charge in [-0.05, 0) is 48.4 Å². The van der Waals surface area contributed by atoms with E-state index in [1.807, 2.05) is 24.3 Å². The number of hydrogen-bond acceptors (Lipinski definition) is 3. The standard InChI is InChI=1S/C24H32N4O2.HI/c1-3-26-24(27-15-19-8-7-11-21(14-19)30-17-23(25)29)28-13-12-22(18(2)16-28)20-9-5-4-6-10-20;/h4-11,14,18,22H,3,12-13,15-17H2,1-2H3,(H2,25,29)(H,26,27);1H. The summed E-state index contributed by atoms with van der Waals surface area (Å²) in [5.74, 6) is 2.23. The molecule has 3 rings (SSSR count). The largest absolute Gasteiger partial charge is 0.484 e. The Kier molecular flexibility index (Phi) is 10.1. The van der Waals surface area contributed by atoms with Gasteiger partial charge in [0.05, 0.1) is 6.54 Å². The van der Waals surface area contributed by atoms with Crippen molar-refractivity contribution in [1.29, 1.82) is 0 Å². The van der Waals surface area contributed by atoms with Crippen LogP contribution in [0.25, 0.3) is 0 Å². The van der Waals surface area contributed by atoms with Crippen LogP contribution >= 0.6 is 24.0 Å². The van der Waals surface area contributed by atoms with Crippen molar-refractivity contribution in [2.75, 3.05) is 26.2 Å². The van der Waals surface area contributed by atoms with Crippen LogP contribution < -0.4 is 15.8 Å². The van der Waals surface area contributed by atoms with Crippen molar-refractivity contribution in [3.05, 3.63) is 65.7 Å². The van der Waals surface area contributed by atoms with Gasteiger partial charge in [0, 0.05) is 19.6 Å². The number of halogens is 1. The Morgan fingerprint density at radius 3 is 2.68 bits per heavy atom. The zero-order valence-corrected chi connectivity index (χ0v) is 20.6. The van der Waals surface area contributed by atoms with Gasteiger partial charge in [0.15, 0.2) is 12.6 Å². The predicted molar refractivity (Wildman–Crippen MR) is 136 cm³/mol. The molecule has 7 heteroatoms. The van der Waals surface area contributed by atoms with Gasteiger partial charge in [-0.25, -0.2) is 4.99 Å². The highest BCUT2D eigenvalue weighted by molar-refractivity contribution is 14.0. The second-order valence-corrected chi connectivity index (χ2v) is 7.80. The van der Waals surface area contributed by atoms with Crippen molar-refractivity contribution in [2.45, 2.75) is 32.7 Å². The molecule has 1 saturated heterocycles. The van der Waals surface area contributed by atoms with Gasteiger partial charge in [-0.1, -0.05) is 49.4 Å². The monoisotopic (exact) mass is 536 g/mol. The highest BCUT2D eigenvalue weighted by Gasteiger charge is 2.28. The van der Waals surface area contributed by atoms with E-state index in [2.05, 4.69) is 54.4 Å². The van der Waals surface area contributed by atoms with Crippen molar-refractivity contribution in [3.63, 3.8) is 0 Å². The molecule has 1 aliphatic rings. The number of carbonyl (C=O) groups is 1. The molecule has 1 amide bonds. The van der Waals surface area contributed by atoms with Crippen LogP contribution in [0, 0.1) is 5.92 Å². The molecule has 2 aromatic rings. The summed E-state index contributed by atoms with van der Waals surface area (Å²) in [5.41, 5.74) is 7.61. The Morgan fingerprint density at radius 2 is 2.00 bits per heavy atom. The molecule has 0 saturated carbocycles. The molecule has 2 atom stereocenters. The van der Waals surface area contributed by atoms with Crippen LogP contribution in [0.1, 0.15) is 37.3 Å². The lowest BCUT2D eigenvalue weighted by atomic mass is 9.82. The third-order valence-corrected chi connectivity index (χ3v) is 5.46. The topological polar surface area (TPSA) is 80.0 Å². The number of carbonyl (C=O) groups excluding carboxylic acids is 1. The maximum atomic E-state index is 10.9. The van der Waals surface area contributed by atoms with Crippen LogP contribution in [0.2, 0.25) is 0 Å². The van der Waals surface area contributed by atoms with Crippen LogP contribution in [0.3, 0.4) is 0 Å². The van der Waals surface area contributed by atoms with Crippen molar-refractivity contribution >= 4 is 35.8 Å². The summed E-state index contributed by atoms with van der Waals surface area (Å²) < 4.78 is 5.40. The lowest BCUT2D eigenvalue weighted by Gasteiger charge is -2.39. The quantitative estimate of drug-likeness (QED) is 0.321. The third kappa shape index (κ3) is 7.41. The predicted octanol–water partition coefficient (Wildman–Crippen LogP) is 3.76. The van der Waals surface area contributed by atoms with Crippen LogP contribution in [0.15, 0.2) is 59.6 Å². The first-order chi connectivity index (χ1) is 14.6. The molecule has 2 aromatic carbocycles. The molecular formula is C24H33IN4O2. The molecule has 1 fully saturated rings. The minimum Gasteiger partial charge on any atom is -0.484 e. The molecule has 2 unspecified atom stereocenters. The number of primary amides is 1. The van der Waals surface area contributed by atoms with Gasteiger partial charge in [0.1, 0.15) is 5.75 Å². The number of hydrogen-bond donors (Lipinski definition) is 2. The normalized spacial score (nSPS) is 18.8. The van der Waals surface area contributed by atoms with Gasteiger partial charge in [-0.2, -0.15) is 0 Å². The van der Waals surface area contributed by atoms with Gasteiger partial charge in [-0.15, -0.1) is 24.0 Å². The van der Waals surface area contributed by atoms with E-state index in [0.717, 1.165) is 37.6 Å². The van der Waals surface area contributed by atoms with Crippen molar-refractivity contribution in [2.24, 2.45) is 16.6 Å². The number of likely N-dealkylation sites (tertiary alicyclic amines) is 1. The number of benzene rings is 2. The summed E-state index contributed by atoms with van der Waals surface area (Å²) >= 11 is 0. The minimum atomic E-state index is -0.485. The number of aliphatic imine (C=N–C) groups is 1. The van der Waals surface area contributed by atoms with Gasteiger partial charge >= 0.3 is 0 Å². The van der Waals surface area contributed by atoms with E-state index in [0.29, 0.717) is 24.1 Å². The SMILES string of the molecule is CCNC(=NCc1cccc(OCC(N)=O)c1)N1CCC(c2ccccc2)C(C)C1.I. The molecule has 3 N–H and O–H groups in total. The molecule has 0 radical (unpaired) electrons. The smallest absolute Gasteiger partial charge is 0.255 e.